The zero-order valence-electron chi connectivity index (χ0n) is 16.3. The van der Waals surface area contributed by atoms with Crippen molar-refractivity contribution >= 4 is 27.6 Å². The van der Waals surface area contributed by atoms with Crippen molar-refractivity contribution in [1.82, 2.24) is 4.31 Å². The van der Waals surface area contributed by atoms with E-state index in [1.54, 1.807) is 20.1 Å². The molecular weight excluding hydrogens is 380 g/mol. The molecule has 28 heavy (non-hydrogen) atoms. The molecule has 0 unspecified atom stereocenters. The van der Waals surface area contributed by atoms with Crippen LogP contribution < -0.4 is 5.43 Å². The fourth-order valence-corrected chi connectivity index (χ4v) is 4.39. The number of nitro benzene ring substituents is 1. The Morgan fingerprint density at radius 3 is 2.39 bits per heavy atom. The summed E-state index contributed by atoms with van der Waals surface area (Å²) in [4.78, 5) is 10.3. The van der Waals surface area contributed by atoms with Gasteiger partial charge in [-0.05, 0) is 31.0 Å². The molecule has 9 heteroatoms. The molecule has 2 aromatic carbocycles. The standard InChI is InChI=1S/C19H24N4O4S/c1-5-22(6-2)28(26,27)19-12-17(23(24)25)9-10-18(19)21-20-13-16-8-7-14(3)11-15(16)4/h7-13,21H,5-6H2,1-4H3. The Bertz CT molecular complexity index is 999. The van der Waals surface area contributed by atoms with Crippen LogP contribution in [0.3, 0.4) is 0 Å². The maximum absolute atomic E-state index is 12.9. The predicted molar refractivity (Wildman–Crippen MR) is 110 cm³/mol. The largest absolute Gasteiger partial charge is 0.277 e. The van der Waals surface area contributed by atoms with E-state index in [2.05, 4.69) is 10.5 Å². The molecule has 1 N–H and O–H groups in total. The maximum Gasteiger partial charge on any atom is 0.270 e. The molecule has 0 spiro atoms. The Labute approximate surface area is 165 Å². The Balaban J connectivity index is 2.43. The quantitative estimate of drug-likeness (QED) is 0.410. The zero-order chi connectivity index (χ0) is 20.9. The predicted octanol–water partition coefficient (Wildman–Crippen LogP) is 3.69. The van der Waals surface area contributed by atoms with Crippen molar-refractivity contribution in [1.29, 1.82) is 0 Å². The second-order valence-electron chi connectivity index (χ2n) is 6.26. The van der Waals surface area contributed by atoms with Gasteiger partial charge in [-0.25, -0.2) is 8.42 Å². The van der Waals surface area contributed by atoms with E-state index in [4.69, 9.17) is 0 Å². The van der Waals surface area contributed by atoms with Gasteiger partial charge in [0.05, 0.1) is 16.8 Å². The summed E-state index contributed by atoms with van der Waals surface area (Å²) in [5, 5.41) is 15.2. The number of nitrogens with one attached hydrogen (secondary N) is 1. The Kier molecular flexibility index (Phi) is 6.87. The minimum absolute atomic E-state index is 0.178. The Morgan fingerprint density at radius 2 is 1.82 bits per heavy atom. The van der Waals surface area contributed by atoms with Gasteiger partial charge in [0.15, 0.2) is 0 Å². The van der Waals surface area contributed by atoms with Gasteiger partial charge in [0.1, 0.15) is 4.90 Å². The molecule has 0 bridgehead atoms. The summed E-state index contributed by atoms with van der Waals surface area (Å²) in [5.41, 5.74) is 5.65. The summed E-state index contributed by atoms with van der Waals surface area (Å²) in [5.74, 6) is 0. The van der Waals surface area contributed by atoms with Gasteiger partial charge in [-0.2, -0.15) is 9.41 Å². The molecule has 0 atom stereocenters. The van der Waals surface area contributed by atoms with Crippen LogP contribution in [0.15, 0.2) is 46.4 Å². The van der Waals surface area contributed by atoms with Gasteiger partial charge in [0.2, 0.25) is 10.0 Å². The van der Waals surface area contributed by atoms with Crippen LogP contribution in [0, 0.1) is 24.0 Å². The van der Waals surface area contributed by atoms with Crippen LogP contribution in [0.4, 0.5) is 11.4 Å². The number of hydrazone groups is 1. The SMILES string of the molecule is CCN(CC)S(=O)(=O)c1cc([N+](=O)[O-])ccc1NN=Cc1ccc(C)cc1C. The van der Waals surface area contributed by atoms with E-state index in [0.29, 0.717) is 0 Å². The topological polar surface area (TPSA) is 105 Å². The minimum atomic E-state index is -3.90. The lowest BCUT2D eigenvalue weighted by atomic mass is 10.1. The number of hydrogen-bond acceptors (Lipinski definition) is 6. The normalized spacial score (nSPS) is 11.9. The number of non-ortho nitro benzene ring substituents is 1. The molecule has 0 aliphatic carbocycles. The fourth-order valence-electron chi connectivity index (χ4n) is 2.77. The van der Waals surface area contributed by atoms with Gasteiger partial charge in [-0.1, -0.05) is 37.6 Å². The second kappa shape index (κ2) is 8.94. The molecule has 0 aliphatic rings. The summed E-state index contributed by atoms with van der Waals surface area (Å²) < 4.78 is 27.1. The van der Waals surface area contributed by atoms with Crippen LogP contribution >= 0.6 is 0 Å². The van der Waals surface area contributed by atoms with Gasteiger partial charge in [0.25, 0.3) is 5.69 Å². The van der Waals surface area contributed by atoms with Gasteiger partial charge in [0, 0.05) is 25.2 Å². The first-order chi connectivity index (χ1) is 13.2. The van der Waals surface area contributed by atoms with Crippen molar-refractivity contribution in [3.63, 3.8) is 0 Å². The van der Waals surface area contributed by atoms with E-state index in [1.165, 1.54) is 16.4 Å². The molecule has 8 nitrogen and oxygen atoms in total. The van der Waals surface area contributed by atoms with Gasteiger partial charge < -0.3 is 0 Å². The van der Waals surface area contributed by atoms with Crippen molar-refractivity contribution in [2.75, 3.05) is 18.5 Å². The van der Waals surface area contributed by atoms with Crippen molar-refractivity contribution in [3.8, 4) is 0 Å². The number of hydrogen-bond donors (Lipinski definition) is 1. The smallest absolute Gasteiger partial charge is 0.270 e. The number of rotatable bonds is 8. The third-order valence-corrected chi connectivity index (χ3v) is 6.40. The molecule has 0 radical (unpaired) electrons. The Morgan fingerprint density at radius 1 is 1.14 bits per heavy atom. The lowest BCUT2D eigenvalue weighted by Gasteiger charge is -2.20. The highest BCUT2D eigenvalue weighted by Gasteiger charge is 2.27. The fraction of sp³-hybridized carbons (Fsp3) is 0.316. The van der Waals surface area contributed by atoms with Crippen LogP contribution in [0.1, 0.15) is 30.5 Å². The number of anilines is 1. The first-order valence-electron chi connectivity index (χ1n) is 8.85. The Hall–Kier alpha value is -2.78. The van der Waals surface area contributed by atoms with E-state index in [1.807, 2.05) is 32.0 Å². The molecule has 2 rings (SSSR count). The van der Waals surface area contributed by atoms with Crippen LogP contribution in [-0.2, 0) is 10.0 Å². The first kappa shape index (κ1) is 21.5. The summed E-state index contributed by atoms with van der Waals surface area (Å²) in [6.07, 6.45) is 1.59. The highest BCUT2D eigenvalue weighted by Crippen LogP contribution is 2.29. The van der Waals surface area contributed by atoms with Crippen molar-refractivity contribution in [2.24, 2.45) is 5.10 Å². The lowest BCUT2D eigenvalue weighted by molar-refractivity contribution is -0.385. The molecule has 2 aromatic rings. The number of nitrogens with zero attached hydrogens (tertiary/aromatic N) is 3. The second-order valence-corrected chi connectivity index (χ2v) is 8.16. The monoisotopic (exact) mass is 404 g/mol. The summed E-state index contributed by atoms with van der Waals surface area (Å²) >= 11 is 0. The minimum Gasteiger partial charge on any atom is -0.277 e. The third-order valence-electron chi connectivity index (χ3n) is 4.31. The maximum atomic E-state index is 12.9. The van der Waals surface area contributed by atoms with Gasteiger partial charge in [-0.15, -0.1) is 0 Å². The average molecular weight is 404 g/mol. The molecule has 0 saturated heterocycles. The molecular formula is C19H24N4O4S. The number of sulfonamides is 1. The molecule has 0 heterocycles. The first-order valence-corrected chi connectivity index (χ1v) is 10.3. The van der Waals surface area contributed by atoms with E-state index >= 15 is 0 Å². The average Bonchev–Trinajstić information content (AvgIpc) is 2.64. The van der Waals surface area contributed by atoms with Crippen molar-refractivity contribution in [2.45, 2.75) is 32.6 Å². The van der Waals surface area contributed by atoms with Crippen LogP contribution in [0.2, 0.25) is 0 Å². The zero-order valence-corrected chi connectivity index (χ0v) is 17.2. The molecule has 0 aliphatic heterocycles. The van der Waals surface area contributed by atoms with E-state index in [-0.39, 0.29) is 29.4 Å². The van der Waals surface area contributed by atoms with E-state index < -0.39 is 14.9 Å². The summed E-state index contributed by atoms with van der Waals surface area (Å²) in [7, 11) is -3.90. The number of nitro groups is 1. The van der Waals surface area contributed by atoms with Crippen molar-refractivity contribution < 1.29 is 13.3 Å². The van der Waals surface area contributed by atoms with Gasteiger partial charge >= 0.3 is 0 Å². The van der Waals surface area contributed by atoms with E-state index in [9.17, 15) is 18.5 Å². The third kappa shape index (κ3) is 4.73. The number of aryl methyl sites for hydroxylation is 2. The van der Waals surface area contributed by atoms with Crippen LogP contribution in [0.5, 0.6) is 0 Å². The molecule has 0 fully saturated rings. The van der Waals surface area contributed by atoms with Crippen LogP contribution in [0.25, 0.3) is 0 Å². The molecule has 150 valence electrons. The van der Waals surface area contributed by atoms with Crippen molar-refractivity contribution in [3.05, 3.63) is 63.2 Å². The molecule has 0 aromatic heterocycles. The highest BCUT2D eigenvalue weighted by atomic mass is 32.2. The number of benzene rings is 2. The summed E-state index contributed by atoms with van der Waals surface area (Å²) in [6.45, 7) is 7.89. The highest BCUT2D eigenvalue weighted by molar-refractivity contribution is 7.89. The molecule has 0 amide bonds. The summed E-state index contributed by atoms with van der Waals surface area (Å²) in [6, 6.07) is 9.55. The van der Waals surface area contributed by atoms with Gasteiger partial charge in [-0.3, -0.25) is 15.5 Å². The lowest BCUT2D eigenvalue weighted by Crippen LogP contribution is -2.31. The molecule has 0 saturated carbocycles. The van der Waals surface area contributed by atoms with Crippen LogP contribution in [-0.4, -0.2) is 37.0 Å². The van der Waals surface area contributed by atoms with E-state index in [0.717, 1.165) is 22.8 Å².